The van der Waals surface area contributed by atoms with Gasteiger partial charge in [0.25, 0.3) is 0 Å². The summed E-state index contributed by atoms with van der Waals surface area (Å²) in [4.78, 5) is 27.9. The number of nitrogens with zero attached hydrogens (tertiary/aromatic N) is 1. The second-order valence-corrected chi connectivity index (χ2v) is 6.91. The summed E-state index contributed by atoms with van der Waals surface area (Å²) in [6.07, 6.45) is 0. The number of ether oxygens (including phenoxy) is 3. The van der Waals surface area contributed by atoms with Crippen LogP contribution in [0.5, 0.6) is 17.2 Å². The Bertz CT molecular complexity index is 1040. The Morgan fingerprint density at radius 2 is 1.55 bits per heavy atom. The van der Waals surface area contributed by atoms with Crippen LogP contribution in [-0.4, -0.2) is 38.3 Å². The molecule has 152 valence electrons. The maximum absolute atomic E-state index is 12.4. The molecule has 1 aromatic heterocycles. The predicted octanol–water partition coefficient (Wildman–Crippen LogP) is 3.92. The number of hydrogen-bond donors (Lipinski definition) is 3. The van der Waals surface area contributed by atoms with Crippen LogP contribution in [0.4, 0.5) is 21.3 Å². The van der Waals surface area contributed by atoms with Gasteiger partial charge < -0.3 is 30.2 Å². The summed E-state index contributed by atoms with van der Waals surface area (Å²) < 4.78 is 16.7. The minimum absolute atomic E-state index is 0.188. The molecule has 9 nitrogen and oxygen atoms in total. The molecular formula is C19H20N4O5S. The fourth-order valence-corrected chi connectivity index (χ4v) is 3.55. The van der Waals surface area contributed by atoms with Crippen LogP contribution in [0.25, 0.3) is 10.2 Å². The van der Waals surface area contributed by atoms with Crippen LogP contribution in [-0.2, 0) is 4.79 Å². The van der Waals surface area contributed by atoms with Crippen molar-refractivity contribution in [3.05, 3.63) is 30.3 Å². The van der Waals surface area contributed by atoms with Gasteiger partial charge in [0.2, 0.25) is 11.7 Å². The van der Waals surface area contributed by atoms with Crippen molar-refractivity contribution in [3.63, 3.8) is 0 Å². The third-order valence-corrected chi connectivity index (χ3v) is 4.80. The standard InChI is InChI=1S/C19H20N4O5S/c1-10(24)20-19-23-13-7-11(5-6-16(13)29-19)21-18(25)22-12-8-14(26-2)17(28-4)15(9-12)27-3/h5-9H,1-4H3,(H,20,23,24)(H2,21,22,25). The van der Waals surface area contributed by atoms with E-state index in [0.717, 1.165) is 4.70 Å². The van der Waals surface area contributed by atoms with Crippen molar-refractivity contribution in [2.45, 2.75) is 6.92 Å². The molecule has 0 saturated heterocycles. The van der Waals surface area contributed by atoms with Gasteiger partial charge in [0.15, 0.2) is 16.6 Å². The van der Waals surface area contributed by atoms with Crippen LogP contribution in [0.3, 0.4) is 0 Å². The molecule has 10 heteroatoms. The molecule has 0 bridgehead atoms. The van der Waals surface area contributed by atoms with Crippen LogP contribution < -0.4 is 30.2 Å². The summed E-state index contributed by atoms with van der Waals surface area (Å²) in [6, 6.07) is 8.12. The highest BCUT2D eigenvalue weighted by atomic mass is 32.1. The minimum Gasteiger partial charge on any atom is -0.493 e. The first-order valence-corrected chi connectivity index (χ1v) is 9.31. The lowest BCUT2D eigenvalue weighted by Crippen LogP contribution is -2.19. The number of hydrogen-bond acceptors (Lipinski definition) is 7. The lowest BCUT2D eigenvalue weighted by molar-refractivity contribution is -0.114. The van der Waals surface area contributed by atoms with Crippen LogP contribution in [0, 0.1) is 0 Å². The van der Waals surface area contributed by atoms with Gasteiger partial charge in [-0.2, -0.15) is 0 Å². The normalized spacial score (nSPS) is 10.3. The summed E-state index contributed by atoms with van der Waals surface area (Å²) in [6.45, 7) is 1.42. The molecule has 29 heavy (non-hydrogen) atoms. The SMILES string of the molecule is COc1cc(NC(=O)Nc2ccc3sc(NC(C)=O)nc3c2)cc(OC)c1OC. The Balaban J connectivity index is 1.76. The highest BCUT2D eigenvalue weighted by Crippen LogP contribution is 2.40. The van der Waals surface area contributed by atoms with Crippen molar-refractivity contribution in [1.82, 2.24) is 4.98 Å². The van der Waals surface area contributed by atoms with Crippen molar-refractivity contribution in [2.75, 3.05) is 37.3 Å². The first-order chi connectivity index (χ1) is 13.9. The first kappa shape index (κ1) is 20.2. The van der Waals surface area contributed by atoms with Crippen LogP contribution in [0.15, 0.2) is 30.3 Å². The van der Waals surface area contributed by atoms with Crippen molar-refractivity contribution >= 4 is 50.0 Å². The number of amides is 3. The monoisotopic (exact) mass is 416 g/mol. The summed E-state index contributed by atoms with van der Waals surface area (Å²) in [7, 11) is 4.50. The Kier molecular flexibility index (Phi) is 6.03. The number of carbonyl (C=O) groups excluding carboxylic acids is 2. The van der Waals surface area contributed by atoms with E-state index in [4.69, 9.17) is 14.2 Å². The van der Waals surface area contributed by atoms with Gasteiger partial charge in [-0.15, -0.1) is 0 Å². The number of urea groups is 1. The van der Waals surface area contributed by atoms with E-state index in [0.29, 0.717) is 39.3 Å². The van der Waals surface area contributed by atoms with Gasteiger partial charge in [-0.25, -0.2) is 9.78 Å². The fourth-order valence-electron chi connectivity index (χ4n) is 2.66. The quantitative estimate of drug-likeness (QED) is 0.562. The number of benzene rings is 2. The molecule has 0 radical (unpaired) electrons. The molecule has 0 aliphatic rings. The predicted molar refractivity (Wildman–Crippen MR) is 113 cm³/mol. The minimum atomic E-state index is -0.448. The number of rotatable bonds is 6. The molecule has 3 rings (SSSR count). The molecule has 3 aromatic rings. The third-order valence-electron chi connectivity index (χ3n) is 3.85. The molecule has 0 aliphatic carbocycles. The van der Waals surface area contributed by atoms with Crippen LogP contribution >= 0.6 is 11.3 Å². The van der Waals surface area contributed by atoms with Gasteiger partial charge in [0.1, 0.15) is 0 Å². The molecule has 0 saturated carbocycles. The van der Waals surface area contributed by atoms with E-state index in [-0.39, 0.29) is 5.91 Å². The Morgan fingerprint density at radius 3 is 2.14 bits per heavy atom. The molecule has 0 unspecified atom stereocenters. The molecule has 2 aromatic carbocycles. The number of fused-ring (bicyclic) bond motifs is 1. The first-order valence-electron chi connectivity index (χ1n) is 8.49. The van der Waals surface area contributed by atoms with E-state index in [1.807, 2.05) is 6.07 Å². The maximum Gasteiger partial charge on any atom is 0.323 e. The van der Waals surface area contributed by atoms with Gasteiger partial charge in [-0.1, -0.05) is 11.3 Å². The average Bonchev–Trinajstić information content (AvgIpc) is 3.07. The lowest BCUT2D eigenvalue weighted by atomic mass is 10.2. The number of nitrogens with one attached hydrogen (secondary N) is 3. The topological polar surface area (TPSA) is 111 Å². The molecule has 0 spiro atoms. The van der Waals surface area contributed by atoms with E-state index < -0.39 is 6.03 Å². The molecule has 3 N–H and O–H groups in total. The summed E-state index contributed by atoms with van der Waals surface area (Å²) >= 11 is 1.36. The van der Waals surface area contributed by atoms with Crippen molar-refractivity contribution in [2.24, 2.45) is 0 Å². The van der Waals surface area contributed by atoms with Gasteiger partial charge >= 0.3 is 6.03 Å². The van der Waals surface area contributed by atoms with E-state index in [1.54, 1.807) is 24.3 Å². The van der Waals surface area contributed by atoms with E-state index >= 15 is 0 Å². The molecule has 0 fully saturated rings. The number of aromatic nitrogens is 1. The average molecular weight is 416 g/mol. The number of carbonyl (C=O) groups is 2. The van der Waals surface area contributed by atoms with Crippen molar-refractivity contribution in [3.8, 4) is 17.2 Å². The summed E-state index contributed by atoms with van der Waals surface area (Å²) in [5.41, 5.74) is 1.70. The Morgan fingerprint density at radius 1 is 0.897 bits per heavy atom. The lowest BCUT2D eigenvalue weighted by Gasteiger charge is -2.15. The van der Waals surface area contributed by atoms with E-state index in [1.165, 1.54) is 39.6 Å². The largest absolute Gasteiger partial charge is 0.493 e. The second-order valence-electron chi connectivity index (χ2n) is 5.88. The highest BCUT2D eigenvalue weighted by molar-refractivity contribution is 7.22. The zero-order chi connectivity index (χ0) is 21.0. The second kappa shape index (κ2) is 8.65. The molecule has 0 aliphatic heterocycles. The van der Waals surface area contributed by atoms with Gasteiger partial charge in [-0.05, 0) is 18.2 Å². The number of methoxy groups -OCH3 is 3. The Hall–Kier alpha value is -3.53. The van der Waals surface area contributed by atoms with Crippen molar-refractivity contribution in [1.29, 1.82) is 0 Å². The summed E-state index contributed by atoms with van der Waals surface area (Å²) in [5, 5.41) is 8.64. The van der Waals surface area contributed by atoms with Gasteiger partial charge in [-0.3, -0.25) is 4.79 Å². The van der Waals surface area contributed by atoms with Crippen LogP contribution in [0.1, 0.15) is 6.92 Å². The molecular weight excluding hydrogens is 396 g/mol. The number of thiazole rings is 1. The maximum atomic E-state index is 12.4. The van der Waals surface area contributed by atoms with Gasteiger partial charge in [0.05, 0.1) is 37.2 Å². The molecule has 3 amide bonds. The molecule has 0 atom stereocenters. The Labute approximate surface area is 171 Å². The molecule has 1 heterocycles. The zero-order valence-electron chi connectivity index (χ0n) is 16.3. The number of anilines is 3. The summed E-state index contributed by atoms with van der Waals surface area (Å²) in [5.74, 6) is 1.10. The highest BCUT2D eigenvalue weighted by Gasteiger charge is 2.15. The third kappa shape index (κ3) is 4.66. The van der Waals surface area contributed by atoms with E-state index in [9.17, 15) is 9.59 Å². The van der Waals surface area contributed by atoms with Crippen molar-refractivity contribution < 1.29 is 23.8 Å². The van der Waals surface area contributed by atoms with E-state index in [2.05, 4.69) is 20.9 Å². The van der Waals surface area contributed by atoms with Crippen LogP contribution in [0.2, 0.25) is 0 Å². The smallest absolute Gasteiger partial charge is 0.323 e. The fraction of sp³-hybridized carbons (Fsp3) is 0.211. The zero-order valence-corrected chi connectivity index (χ0v) is 17.1. The van der Waals surface area contributed by atoms with Gasteiger partial charge in [0, 0.05) is 24.7 Å².